The Hall–Kier alpha value is -1.88. The number of rotatable bonds is 44. The van der Waals surface area contributed by atoms with Crippen LogP contribution in [-0.2, 0) is 29.1 Å². The van der Waals surface area contributed by atoms with E-state index < -0.39 is 10.0 Å². The minimum absolute atomic E-state index is 0.00222. The lowest BCUT2D eigenvalue weighted by Crippen LogP contribution is -2.44. The molecule has 0 fully saturated rings. The van der Waals surface area contributed by atoms with Crippen molar-refractivity contribution in [1.82, 2.24) is 15.5 Å². The lowest BCUT2D eigenvalue weighted by molar-refractivity contribution is -0.150. The molecule has 0 aromatic rings. The Kier molecular flexibility index (Phi) is 38.3. The van der Waals surface area contributed by atoms with E-state index in [1.165, 1.54) is 109 Å². The van der Waals surface area contributed by atoms with Gasteiger partial charge in [0, 0.05) is 25.9 Å². The average Bonchev–Trinajstić information content (AvgIpc) is 3.24. The second kappa shape index (κ2) is 40.9. The Bertz CT molecular complexity index is 1150. The molecule has 0 saturated carbocycles. The first-order chi connectivity index (χ1) is 29.7. The smallest absolute Gasteiger partial charge is 0.306 e. The third-order valence-electron chi connectivity index (χ3n) is 12.2. The minimum Gasteiger partial charge on any atom is -0.462 e. The molecule has 0 bridgehead atoms. The van der Waals surface area contributed by atoms with Crippen LogP contribution in [0.1, 0.15) is 252 Å². The third-order valence-corrected chi connectivity index (χ3v) is 13.4. The van der Waals surface area contributed by atoms with Gasteiger partial charge in [-0.1, -0.05) is 163 Å². The normalized spacial score (nSPS) is 14.2. The van der Waals surface area contributed by atoms with Crippen LogP contribution in [0.3, 0.4) is 0 Å². The Labute approximate surface area is 377 Å². The molecule has 61 heavy (non-hydrogen) atoms. The summed E-state index contributed by atoms with van der Waals surface area (Å²) in [7, 11) is -3.37. The molecule has 1 aliphatic heterocycles. The van der Waals surface area contributed by atoms with E-state index in [1.54, 1.807) is 0 Å². The molecule has 0 amide bonds. The van der Waals surface area contributed by atoms with Crippen LogP contribution in [0.4, 0.5) is 0 Å². The zero-order valence-electron chi connectivity index (χ0n) is 40.4. The molecule has 0 aliphatic carbocycles. The van der Waals surface area contributed by atoms with Gasteiger partial charge >= 0.3 is 11.9 Å². The molecular weight excluding hydrogens is 785 g/mol. The highest BCUT2D eigenvalue weighted by Gasteiger charge is 2.17. The van der Waals surface area contributed by atoms with Gasteiger partial charge in [0.15, 0.2) is 0 Å². The fourth-order valence-corrected chi connectivity index (χ4v) is 9.14. The monoisotopic (exact) mass is 883 g/mol. The Morgan fingerprint density at radius 1 is 0.557 bits per heavy atom. The molecule has 0 radical (unpaired) electrons. The molecule has 11 heteroatoms. The van der Waals surface area contributed by atoms with Crippen LogP contribution in [0.2, 0.25) is 0 Å². The highest BCUT2D eigenvalue weighted by molar-refractivity contribution is 7.90. The molecule has 1 atom stereocenters. The van der Waals surface area contributed by atoms with Gasteiger partial charge in [0.1, 0.15) is 12.2 Å². The lowest BCUT2D eigenvalue weighted by Gasteiger charge is -2.23. The van der Waals surface area contributed by atoms with Gasteiger partial charge < -0.3 is 25.0 Å². The summed E-state index contributed by atoms with van der Waals surface area (Å²) in [5.41, 5.74) is 0. The van der Waals surface area contributed by atoms with Crippen molar-refractivity contribution in [2.45, 2.75) is 265 Å². The predicted molar refractivity (Wildman–Crippen MR) is 258 cm³/mol. The van der Waals surface area contributed by atoms with Crippen molar-refractivity contribution >= 4 is 27.9 Å². The summed E-state index contributed by atoms with van der Waals surface area (Å²) >= 11 is 0. The zero-order valence-corrected chi connectivity index (χ0v) is 41.2. The summed E-state index contributed by atoms with van der Waals surface area (Å²) in [5, 5.41) is 6.22. The minimum atomic E-state index is -3.37. The van der Waals surface area contributed by atoms with E-state index in [4.69, 9.17) is 9.47 Å². The number of nitrogens with one attached hydrogen (secondary N) is 2. The number of nitrogens with zero attached hydrogens (tertiary/aromatic N) is 2. The van der Waals surface area contributed by atoms with E-state index in [1.807, 2.05) is 0 Å². The predicted octanol–water partition coefficient (Wildman–Crippen LogP) is 12.7. The van der Waals surface area contributed by atoms with Crippen molar-refractivity contribution in [3.05, 3.63) is 0 Å². The van der Waals surface area contributed by atoms with Gasteiger partial charge in [0.05, 0.1) is 5.75 Å². The van der Waals surface area contributed by atoms with Crippen molar-refractivity contribution in [3.8, 4) is 0 Å². The molecule has 1 rings (SSSR count). The first kappa shape index (κ1) is 57.1. The highest BCUT2D eigenvalue weighted by Crippen LogP contribution is 2.19. The van der Waals surface area contributed by atoms with Crippen LogP contribution >= 0.6 is 0 Å². The summed E-state index contributed by atoms with van der Waals surface area (Å²) < 4.78 is 39.4. The number of carbonyl (C=O) groups is 2. The summed E-state index contributed by atoms with van der Waals surface area (Å²) in [5.74, 6) is 0.366. The van der Waals surface area contributed by atoms with Crippen LogP contribution in [0.15, 0.2) is 4.40 Å². The SMILES string of the molecule is CCCCCCCCC(CC)OC(=O)CCCCCCCN(CCCCCCCC(=O)OC(CCCCCCCC)CCCCCCCC)CCCNC1=NS(=O)(=O)CCN1. The van der Waals surface area contributed by atoms with Crippen LogP contribution in [0.5, 0.6) is 0 Å². The molecule has 0 aromatic heterocycles. The van der Waals surface area contributed by atoms with E-state index in [2.05, 4.69) is 47.6 Å². The maximum absolute atomic E-state index is 12.9. The van der Waals surface area contributed by atoms with E-state index >= 15 is 0 Å². The van der Waals surface area contributed by atoms with Crippen molar-refractivity contribution in [2.75, 3.05) is 38.5 Å². The van der Waals surface area contributed by atoms with Gasteiger partial charge in [-0.2, -0.15) is 0 Å². The van der Waals surface area contributed by atoms with Gasteiger partial charge in [0.25, 0.3) is 10.0 Å². The highest BCUT2D eigenvalue weighted by atomic mass is 32.2. The van der Waals surface area contributed by atoms with E-state index in [-0.39, 0.29) is 29.9 Å². The maximum atomic E-state index is 12.9. The fraction of sp³-hybridized carbons (Fsp3) is 0.940. The molecule has 360 valence electrons. The number of sulfonamides is 1. The summed E-state index contributed by atoms with van der Waals surface area (Å²) in [6.45, 7) is 13.0. The Morgan fingerprint density at radius 3 is 1.41 bits per heavy atom. The van der Waals surface area contributed by atoms with Gasteiger partial charge in [-0.25, -0.2) is 8.42 Å². The van der Waals surface area contributed by atoms with Crippen molar-refractivity contribution < 1.29 is 27.5 Å². The standard InChI is InChI=1S/C50H98N4O6S/c1-5-9-12-15-20-27-35-46(8-4)59-48(55)38-30-23-18-25-32-42-54(44-34-40-51-50-52-41-45-61(57,58)53-50)43-33-26-19-24-31-39-49(56)60-47(36-28-21-16-13-10-6-2)37-29-22-17-14-11-7-3/h46-47H,5-45H2,1-4H3,(H2,51,52,53). The topological polar surface area (TPSA) is 126 Å². The molecule has 0 saturated heterocycles. The van der Waals surface area contributed by atoms with Crippen LogP contribution < -0.4 is 10.6 Å². The molecule has 10 nitrogen and oxygen atoms in total. The number of esters is 2. The molecule has 2 N–H and O–H groups in total. The van der Waals surface area contributed by atoms with Crippen LogP contribution in [0.25, 0.3) is 0 Å². The van der Waals surface area contributed by atoms with Crippen LogP contribution in [-0.4, -0.2) is 81.9 Å². The van der Waals surface area contributed by atoms with Gasteiger partial charge in [-0.15, -0.1) is 4.40 Å². The molecular formula is C50H98N4O6S. The largest absolute Gasteiger partial charge is 0.462 e. The van der Waals surface area contributed by atoms with Gasteiger partial charge in [-0.3, -0.25) is 9.59 Å². The number of ether oxygens (including phenoxy) is 2. The number of hydrogen-bond donors (Lipinski definition) is 2. The lowest BCUT2D eigenvalue weighted by atomic mass is 10.0. The fourth-order valence-electron chi connectivity index (χ4n) is 8.28. The zero-order chi connectivity index (χ0) is 44.5. The number of hydrogen-bond acceptors (Lipinski definition) is 9. The average molecular weight is 883 g/mol. The number of carbonyl (C=O) groups excluding carboxylic acids is 2. The first-order valence-corrected chi connectivity index (χ1v) is 27.7. The van der Waals surface area contributed by atoms with E-state index in [9.17, 15) is 18.0 Å². The molecule has 1 heterocycles. The van der Waals surface area contributed by atoms with Gasteiger partial charge in [-0.05, 0) is 96.7 Å². The van der Waals surface area contributed by atoms with E-state index in [0.717, 1.165) is 122 Å². The Balaban J connectivity index is 2.40. The quantitative estimate of drug-likeness (QED) is 0.0454. The number of unbranched alkanes of at least 4 members (excludes halogenated alkanes) is 23. The maximum Gasteiger partial charge on any atom is 0.306 e. The van der Waals surface area contributed by atoms with Crippen molar-refractivity contribution in [2.24, 2.45) is 4.40 Å². The second-order valence-electron chi connectivity index (χ2n) is 18.1. The first-order valence-electron chi connectivity index (χ1n) is 26.1. The van der Waals surface area contributed by atoms with Crippen molar-refractivity contribution in [3.63, 3.8) is 0 Å². The molecule has 1 unspecified atom stereocenters. The summed E-state index contributed by atoms with van der Waals surface area (Å²) in [6.07, 6.45) is 39.5. The molecule has 0 aromatic carbocycles. The van der Waals surface area contributed by atoms with Crippen molar-refractivity contribution in [1.29, 1.82) is 0 Å². The third kappa shape index (κ3) is 36.2. The second-order valence-corrected chi connectivity index (χ2v) is 19.9. The summed E-state index contributed by atoms with van der Waals surface area (Å²) in [4.78, 5) is 27.9. The Morgan fingerprint density at radius 2 is 0.951 bits per heavy atom. The summed E-state index contributed by atoms with van der Waals surface area (Å²) in [6, 6.07) is 0. The molecule has 1 aliphatic rings. The van der Waals surface area contributed by atoms with E-state index in [0.29, 0.717) is 31.9 Å². The van der Waals surface area contributed by atoms with Crippen LogP contribution in [0, 0.1) is 0 Å². The molecule has 0 spiro atoms. The number of guanidine groups is 1. The van der Waals surface area contributed by atoms with Gasteiger partial charge in [0.2, 0.25) is 5.96 Å².